The minimum absolute atomic E-state index is 0.00164. The third-order valence-corrected chi connectivity index (χ3v) is 4.46. The predicted molar refractivity (Wildman–Crippen MR) is 92.2 cm³/mol. The van der Waals surface area contributed by atoms with Gasteiger partial charge in [-0.1, -0.05) is 24.3 Å². The quantitative estimate of drug-likeness (QED) is 0.454. The first-order valence-electron chi connectivity index (χ1n) is 7.91. The first kappa shape index (κ1) is 15.3. The number of aliphatic hydroxyl groups is 1. The molecule has 0 saturated carbocycles. The van der Waals surface area contributed by atoms with Crippen LogP contribution in [0.25, 0.3) is 0 Å². The van der Waals surface area contributed by atoms with Crippen LogP contribution < -0.4 is 9.47 Å². The van der Waals surface area contributed by atoms with Gasteiger partial charge in [0.15, 0.2) is 6.54 Å². The number of hydrogen-bond donors (Lipinski definition) is 1. The van der Waals surface area contributed by atoms with E-state index in [1.807, 2.05) is 64.2 Å². The zero-order valence-electron chi connectivity index (χ0n) is 13.3. The first-order chi connectivity index (χ1) is 12.1. The number of anilines is 2. The van der Waals surface area contributed by atoms with Gasteiger partial charge in [0.1, 0.15) is 5.69 Å². The normalized spacial score (nSPS) is 18.8. The zero-order chi connectivity index (χ0) is 17.4. The lowest BCUT2D eigenvalue weighted by atomic mass is 10.0. The van der Waals surface area contributed by atoms with Crippen LogP contribution in [-0.4, -0.2) is 10.0 Å². The number of aromatic nitrogens is 1. The van der Waals surface area contributed by atoms with Crippen LogP contribution in [0.4, 0.5) is 17.2 Å². The number of para-hydroxylation sites is 1. The summed E-state index contributed by atoms with van der Waals surface area (Å²) in [5, 5.41) is 22.5. The van der Waals surface area contributed by atoms with Gasteiger partial charge in [0.25, 0.3) is 17.2 Å². The molecule has 1 aromatic heterocycles. The van der Waals surface area contributed by atoms with Gasteiger partial charge in [0, 0.05) is 23.8 Å². The van der Waals surface area contributed by atoms with Gasteiger partial charge < -0.3 is 5.11 Å². The molecule has 0 saturated heterocycles. The monoisotopic (exact) mass is 334 g/mol. The van der Waals surface area contributed by atoms with Crippen LogP contribution in [0.5, 0.6) is 0 Å². The van der Waals surface area contributed by atoms with Crippen LogP contribution in [-0.2, 0) is 12.3 Å². The van der Waals surface area contributed by atoms with Crippen LogP contribution in [0.1, 0.15) is 5.56 Å². The number of non-ortho nitro benzene ring substituents is 1. The highest BCUT2D eigenvalue weighted by Crippen LogP contribution is 2.41. The average Bonchev–Trinajstić information content (AvgIpc) is 2.95. The minimum Gasteiger partial charge on any atom is -0.346 e. The fourth-order valence-corrected chi connectivity index (χ4v) is 3.30. The number of pyridine rings is 1. The summed E-state index contributed by atoms with van der Waals surface area (Å²) in [6.45, 7) is 0.329. The summed E-state index contributed by atoms with van der Waals surface area (Å²) >= 11 is 0. The minimum atomic E-state index is -1.33. The van der Waals surface area contributed by atoms with Crippen molar-refractivity contribution in [2.75, 3.05) is 4.90 Å². The second kappa shape index (κ2) is 5.68. The molecule has 124 valence electrons. The molecule has 0 bridgehead atoms. The first-order valence-corrected chi connectivity index (χ1v) is 7.91. The van der Waals surface area contributed by atoms with E-state index in [9.17, 15) is 15.2 Å². The highest BCUT2D eigenvalue weighted by molar-refractivity contribution is 5.62. The van der Waals surface area contributed by atoms with Crippen LogP contribution in [0.15, 0.2) is 79.0 Å². The lowest BCUT2D eigenvalue weighted by Gasteiger charge is -2.27. The number of fused-ring (bicyclic) bond motifs is 1. The van der Waals surface area contributed by atoms with Gasteiger partial charge in [0.05, 0.1) is 11.1 Å². The second-order valence-electron chi connectivity index (χ2n) is 5.98. The molecule has 1 aliphatic rings. The van der Waals surface area contributed by atoms with Crippen molar-refractivity contribution >= 4 is 17.2 Å². The van der Waals surface area contributed by atoms with Crippen molar-refractivity contribution in [1.82, 2.24) is 0 Å². The predicted octanol–water partition coefficient (Wildman–Crippen LogP) is 2.88. The summed E-state index contributed by atoms with van der Waals surface area (Å²) in [4.78, 5) is 12.3. The molecule has 3 aromatic rings. The van der Waals surface area contributed by atoms with E-state index in [2.05, 4.69) is 0 Å². The summed E-state index contributed by atoms with van der Waals surface area (Å²) in [5.41, 5.74) is 0.124. The Labute approximate surface area is 144 Å². The fourth-order valence-electron chi connectivity index (χ4n) is 3.30. The van der Waals surface area contributed by atoms with Gasteiger partial charge in [-0.2, -0.15) is 4.90 Å². The van der Waals surface area contributed by atoms with Crippen LogP contribution in [0.3, 0.4) is 0 Å². The molecule has 2 heterocycles. The molecule has 25 heavy (non-hydrogen) atoms. The van der Waals surface area contributed by atoms with Crippen molar-refractivity contribution < 1.29 is 14.6 Å². The van der Waals surface area contributed by atoms with E-state index >= 15 is 0 Å². The number of rotatable bonds is 3. The van der Waals surface area contributed by atoms with E-state index < -0.39 is 10.6 Å². The summed E-state index contributed by atoms with van der Waals surface area (Å²) in [7, 11) is 0. The van der Waals surface area contributed by atoms with Crippen LogP contribution in [0.2, 0.25) is 0 Å². The van der Waals surface area contributed by atoms with Gasteiger partial charge in [-0.15, -0.1) is 0 Å². The van der Waals surface area contributed by atoms with Crippen molar-refractivity contribution in [2.45, 2.75) is 12.3 Å². The summed E-state index contributed by atoms with van der Waals surface area (Å²) in [5.74, 6) is 0.856. The van der Waals surface area contributed by atoms with Crippen molar-refractivity contribution in [2.24, 2.45) is 0 Å². The molecule has 1 aliphatic heterocycles. The Hall–Kier alpha value is -3.25. The van der Waals surface area contributed by atoms with Crippen molar-refractivity contribution in [3.8, 4) is 0 Å². The number of nitro benzene ring substituents is 1. The van der Waals surface area contributed by atoms with Gasteiger partial charge in [-0.25, -0.2) is 4.57 Å². The van der Waals surface area contributed by atoms with E-state index in [0.717, 1.165) is 11.5 Å². The van der Waals surface area contributed by atoms with Gasteiger partial charge in [-0.05, 0) is 30.3 Å². The molecule has 6 heteroatoms. The second-order valence-corrected chi connectivity index (χ2v) is 5.98. The molecule has 0 radical (unpaired) electrons. The van der Waals surface area contributed by atoms with Crippen molar-refractivity contribution in [3.05, 3.63) is 94.7 Å². The molecule has 4 rings (SSSR count). The lowest BCUT2D eigenvalue weighted by molar-refractivity contribution is -0.683. The molecule has 2 aromatic carbocycles. The molecule has 0 fully saturated rings. The van der Waals surface area contributed by atoms with Crippen LogP contribution in [0, 0.1) is 10.1 Å². The molecule has 0 spiro atoms. The number of nitro groups is 1. The van der Waals surface area contributed by atoms with Gasteiger partial charge in [-0.3, -0.25) is 10.1 Å². The summed E-state index contributed by atoms with van der Waals surface area (Å²) in [6, 6.07) is 21.4. The number of hydrogen-bond acceptors (Lipinski definition) is 4. The Morgan fingerprint density at radius 1 is 1.00 bits per heavy atom. The number of benzene rings is 2. The standard InChI is InChI=1S/C19H16N3O3/c23-19(15-9-11-17(12-10-15)22(24)25)14-20-13-5-4-8-18(20)21(19)16-6-2-1-3-7-16/h1-13,23H,14H2/q+1/t19-/m0/s1. The topological polar surface area (TPSA) is 70.5 Å². The largest absolute Gasteiger partial charge is 0.346 e. The Kier molecular flexibility index (Phi) is 3.47. The molecule has 1 N–H and O–H groups in total. The third kappa shape index (κ3) is 2.43. The van der Waals surface area contributed by atoms with Gasteiger partial charge in [0.2, 0.25) is 0 Å². The Morgan fingerprint density at radius 3 is 2.36 bits per heavy atom. The third-order valence-electron chi connectivity index (χ3n) is 4.46. The molecule has 0 unspecified atom stereocenters. The van der Waals surface area contributed by atoms with Crippen molar-refractivity contribution in [1.29, 1.82) is 0 Å². The maximum Gasteiger partial charge on any atom is 0.284 e. The molecule has 0 amide bonds. The van der Waals surface area contributed by atoms with E-state index in [1.54, 1.807) is 12.1 Å². The molecule has 1 atom stereocenters. The molecular weight excluding hydrogens is 318 g/mol. The highest BCUT2D eigenvalue weighted by Gasteiger charge is 2.52. The maximum atomic E-state index is 11.6. The van der Waals surface area contributed by atoms with E-state index in [4.69, 9.17) is 0 Å². The Balaban J connectivity index is 1.86. The zero-order valence-corrected chi connectivity index (χ0v) is 13.3. The Bertz CT molecular complexity index is 928. The number of nitrogens with zero attached hydrogens (tertiary/aromatic N) is 3. The molecular formula is C19H16N3O3+. The Morgan fingerprint density at radius 2 is 1.68 bits per heavy atom. The summed E-state index contributed by atoms with van der Waals surface area (Å²) in [6.07, 6.45) is 1.91. The smallest absolute Gasteiger partial charge is 0.284 e. The SMILES string of the molecule is O=[N+]([O-])c1ccc([C@@]2(O)C[n+]3ccccc3N2c2ccccc2)cc1. The van der Waals surface area contributed by atoms with E-state index in [-0.39, 0.29) is 5.69 Å². The van der Waals surface area contributed by atoms with Crippen molar-refractivity contribution in [3.63, 3.8) is 0 Å². The lowest BCUT2D eigenvalue weighted by Crippen LogP contribution is -2.43. The molecule has 0 aliphatic carbocycles. The fraction of sp³-hybridized carbons (Fsp3) is 0.105. The molecule has 6 nitrogen and oxygen atoms in total. The summed E-state index contributed by atoms with van der Waals surface area (Å²) < 4.78 is 1.97. The highest BCUT2D eigenvalue weighted by atomic mass is 16.6. The van der Waals surface area contributed by atoms with E-state index in [0.29, 0.717) is 12.1 Å². The maximum absolute atomic E-state index is 11.6. The van der Waals surface area contributed by atoms with E-state index in [1.165, 1.54) is 12.1 Å². The van der Waals surface area contributed by atoms with Gasteiger partial charge >= 0.3 is 0 Å². The van der Waals surface area contributed by atoms with Crippen LogP contribution >= 0.6 is 0 Å². The average molecular weight is 334 g/mol.